The third kappa shape index (κ3) is 4.12. The molecule has 8 heteroatoms. The minimum absolute atomic E-state index is 0.0165. The molecule has 0 spiro atoms. The zero-order valence-corrected chi connectivity index (χ0v) is 14.7. The second kappa shape index (κ2) is 8.41. The maximum atomic E-state index is 13.7. The molecule has 1 aromatic carbocycles. The number of fused-ring (bicyclic) bond motifs is 1. The van der Waals surface area contributed by atoms with Crippen LogP contribution < -0.4 is 10.6 Å². The lowest BCUT2D eigenvalue weighted by Crippen LogP contribution is -2.28. The first-order valence-electron chi connectivity index (χ1n) is 8.37. The van der Waals surface area contributed by atoms with Gasteiger partial charge in [0.05, 0.1) is 12.1 Å². The summed E-state index contributed by atoms with van der Waals surface area (Å²) in [6.07, 6.45) is 1.65. The van der Waals surface area contributed by atoms with Crippen LogP contribution in [0.3, 0.4) is 0 Å². The second-order valence-corrected chi connectivity index (χ2v) is 5.76. The van der Waals surface area contributed by atoms with Gasteiger partial charge in [0.15, 0.2) is 5.69 Å². The Labute approximate surface area is 155 Å². The molecule has 0 radical (unpaired) electrons. The number of hydrogen-bond acceptors (Lipinski definition) is 4. The topological polar surface area (TPSA) is 84.7 Å². The number of aromatic nitrogens is 2. The summed E-state index contributed by atoms with van der Waals surface area (Å²) >= 11 is 0. The van der Waals surface area contributed by atoms with Gasteiger partial charge in [0.1, 0.15) is 5.82 Å². The van der Waals surface area contributed by atoms with Crippen LogP contribution in [0.1, 0.15) is 26.7 Å². The third-order valence-electron chi connectivity index (χ3n) is 3.96. The van der Waals surface area contributed by atoms with Crippen LogP contribution in [0.2, 0.25) is 0 Å². The van der Waals surface area contributed by atoms with Gasteiger partial charge in [-0.2, -0.15) is 0 Å². The van der Waals surface area contributed by atoms with Gasteiger partial charge in [-0.3, -0.25) is 14.0 Å². The summed E-state index contributed by atoms with van der Waals surface area (Å²) < 4.78 is 20.2. The van der Waals surface area contributed by atoms with E-state index in [4.69, 9.17) is 4.74 Å². The number of hydrogen-bond donors (Lipinski definition) is 2. The molecule has 140 valence electrons. The maximum Gasteiger partial charge on any atom is 0.287 e. The number of ether oxygens (including phenoxy) is 1. The fourth-order valence-corrected chi connectivity index (χ4v) is 2.61. The van der Waals surface area contributed by atoms with Crippen molar-refractivity contribution in [3.05, 3.63) is 71.6 Å². The summed E-state index contributed by atoms with van der Waals surface area (Å²) in [5.74, 6) is -1.25. The average Bonchev–Trinajstić information content (AvgIpc) is 3.07. The molecule has 0 fully saturated rings. The van der Waals surface area contributed by atoms with Crippen molar-refractivity contribution in [2.24, 2.45) is 0 Å². The van der Waals surface area contributed by atoms with Gasteiger partial charge in [0, 0.05) is 32.0 Å². The van der Waals surface area contributed by atoms with Crippen molar-refractivity contribution < 1.29 is 18.7 Å². The lowest BCUT2D eigenvalue weighted by Gasteiger charge is -2.05. The fourth-order valence-electron chi connectivity index (χ4n) is 2.61. The highest BCUT2D eigenvalue weighted by Crippen LogP contribution is 2.14. The summed E-state index contributed by atoms with van der Waals surface area (Å²) in [5.41, 5.74) is 1.01. The number of rotatable bonds is 7. The average molecular weight is 370 g/mol. The van der Waals surface area contributed by atoms with Crippen molar-refractivity contribution in [2.75, 3.05) is 20.3 Å². The molecule has 0 saturated carbocycles. The molecule has 0 atom stereocenters. The second-order valence-electron chi connectivity index (χ2n) is 5.76. The van der Waals surface area contributed by atoms with E-state index in [0.717, 1.165) is 0 Å². The summed E-state index contributed by atoms with van der Waals surface area (Å²) in [7, 11) is 1.54. The highest BCUT2D eigenvalue weighted by atomic mass is 19.1. The van der Waals surface area contributed by atoms with Gasteiger partial charge >= 0.3 is 0 Å². The van der Waals surface area contributed by atoms with Gasteiger partial charge in [0.25, 0.3) is 11.8 Å². The number of pyridine rings is 1. The predicted octanol–water partition coefficient (Wildman–Crippen LogP) is 1.78. The Bertz CT molecular complexity index is 970. The highest BCUT2D eigenvalue weighted by Gasteiger charge is 2.21. The normalized spacial score (nSPS) is 10.7. The summed E-state index contributed by atoms with van der Waals surface area (Å²) in [4.78, 5) is 29.1. The molecule has 0 bridgehead atoms. The lowest BCUT2D eigenvalue weighted by atomic mass is 10.2. The van der Waals surface area contributed by atoms with Crippen LogP contribution in [0.5, 0.6) is 0 Å². The quantitative estimate of drug-likeness (QED) is 0.621. The fraction of sp³-hybridized carbons (Fsp3) is 0.211. The van der Waals surface area contributed by atoms with Gasteiger partial charge in [-0.05, 0) is 18.2 Å². The van der Waals surface area contributed by atoms with Crippen molar-refractivity contribution in [1.82, 2.24) is 20.0 Å². The molecule has 7 nitrogen and oxygen atoms in total. The molecule has 0 aliphatic heterocycles. The van der Waals surface area contributed by atoms with Crippen LogP contribution in [-0.2, 0) is 11.3 Å². The molecule has 27 heavy (non-hydrogen) atoms. The van der Waals surface area contributed by atoms with Gasteiger partial charge < -0.3 is 15.4 Å². The van der Waals surface area contributed by atoms with Crippen molar-refractivity contribution in [3.63, 3.8) is 0 Å². The molecule has 0 unspecified atom stereocenters. The van der Waals surface area contributed by atoms with Crippen molar-refractivity contribution in [3.8, 4) is 0 Å². The van der Waals surface area contributed by atoms with Crippen molar-refractivity contribution in [1.29, 1.82) is 0 Å². The van der Waals surface area contributed by atoms with E-state index in [1.165, 1.54) is 17.6 Å². The van der Waals surface area contributed by atoms with Gasteiger partial charge in [-0.25, -0.2) is 9.37 Å². The van der Waals surface area contributed by atoms with E-state index in [1.54, 1.807) is 42.6 Å². The minimum Gasteiger partial charge on any atom is -0.383 e. The summed E-state index contributed by atoms with van der Waals surface area (Å²) in [6, 6.07) is 11.4. The number of methoxy groups -OCH3 is 1. The molecule has 2 aromatic heterocycles. The first-order valence-corrected chi connectivity index (χ1v) is 8.37. The zero-order chi connectivity index (χ0) is 19.2. The maximum absolute atomic E-state index is 13.7. The Kier molecular flexibility index (Phi) is 5.77. The van der Waals surface area contributed by atoms with E-state index in [-0.39, 0.29) is 18.1 Å². The first-order chi connectivity index (χ1) is 13.1. The first kappa shape index (κ1) is 18.5. The Balaban J connectivity index is 1.82. The molecule has 2 heterocycles. The van der Waals surface area contributed by atoms with E-state index in [0.29, 0.717) is 24.2 Å². The molecular formula is C19H19FN4O3. The Morgan fingerprint density at radius 1 is 1.11 bits per heavy atom. The van der Waals surface area contributed by atoms with Crippen molar-refractivity contribution in [2.45, 2.75) is 6.54 Å². The molecule has 0 aliphatic rings. The number of carbonyl (C=O) groups is 2. The smallest absolute Gasteiger partial charge is 0.287 e. The van der Waals surface area contributed by atoms with Gasteiger partial charge in [-0.1, -0.05) is 24.3 Å². The predicted molar refractivity (Wildman–Crippen MR) is 97.0 cm³/mol. The van der Waals surface area contributed by atoms with Crippen LogP contribution in [0, 0.1) is 5.82 Å². The van der Waals surface area contributed by atoms with E-state index in [2.05, 4.69) is 15.6 Å². The molecule has 3 aromatic rings. The van der Waals surface area contributed by atoms with Gasteiger partial charge in [-0.15, -0.1) is 0 Å². The SMILES string of the molecule is COCCNC(=O)c1nc(C(=O)NCc2ccccc2F)n2ccccc12. The number of carbonyl (C=O) groups excluding carboxylic acids is 2. The molecule has 0 aliphatic carbocycles. The van der Waals surface area contributed by atoms with E-state index in [9.17, 15) is 14.0 Å². The Morgan fingerprint density at radius 3 is 2.67 bits per heavy atom. The minimum atomic E-state index is -0.504. The highest BCUT2D eigenvalue weighted by molar-refractivity contribution is 6.02. The van der Waals surface area contributed by atoms with Gasteiger partial charge in [0.2, 0.25) is 5.82 Å². The number of imidazole rings is 1. The monoisotopic (exact) mass is 370 g/mol. The number of nitrogens with one attached hydrogen (secondary N) is 2. The molecule has 0 saturated heterocycles. The largest absolute Gasteiger partial charge is 0.383 e. The van der Waals surface area contributed by atoms with E-state index < -0.39 is 17.6 Å². The third-order valence-corrected chi connectivity index (χ3v) is 3.96. The molecule has 2 N–H and O–H groups in total. The van der Waals surface area contributed by atoms with Crippen LogP contribution >= 0.6 is 0 Å². The van der Waals surface area contributed by atoms with E-state index >= 15 is 0 Å². The number of halogens is 1. The van der Waals surface area contributed by atoms with Crippen LogP contribution in [0.4, 0.5) is 4.39 Å². The number of benzene rings is 1. The number of nitrogens with zero attached hydrogens (tertiary/aromatic N) is 2. The Morgan fingerprint density at radius 2 is 1.89 bits per heavy atom. The van der Waals surface area contributed by atoms with E-state index in [1.807, 2.05) is 0 Å². The molecule has 3 rings (SSSR count). The number of amides is 2. The van der Waals surface area contributed by atoms with Crippen LogP contribution in [0.25, 0.3) is 5.52 Å². The van der Waals surface area contributed by atoms with Crippen LogP contribution in [0.15, 0.2) is 48.7 Å². The molecule has 2 amide bonds. The Hall–Kier alpha value is -3.26. The summed E-state index contributed by atoms with van der Waals surface area (Å²) in [6.45, 7) is 0.714. The van der Waals surface area contributed by atoms with Crippen molar-refractivity contribution >= 4 is 17.3 Å². The zero-order valence-electron chi connectivity index (χ0n) is 14.7. The lowest BCUT2D eigenvalue weighted by molar-refractivity contribution is 0.0934. The molecular weight excluding hydrogens is 351 g/mol. The standard InChI is InChI=1S/C19H19FN4O3/c1-27-11-9-21-18(25)16-15-8-4-5-10-24(15)17(23-16)19(26)22-12-13-6-2-3-7-14(13)20/h2-8,10H,9,11-12H2,1H3,(H,21,25)(H,22,26). The van der Waals surface area contributed by atoms with Crippen LogP contribution in [-0.4, -0.2) is 41.5 Å². The summed E-state index contributed by atoms with van der Waals surface area (Å²) in [5, 5.41) is 5.33.